The Labute approximate surface area is 35.5 Å². The van der Waals surface area contributed by atoms with Crippen LogP contribution in [0.3, 0.4) is 0 Å². The van der Waals surface area contributed by atoms with E-state index >= 15 is 0 Å². The summed E-state index contributed by atoms with van der Waals surface area (Å²) in [5.41, 5.74) is 0. The Balaban J connectivity index is 1.97. The van der Waals surface area contributed by atoms with Crippen LogP contribution in [0.15, 0.2) is 0 Å². The van der Waals surface area contributed by atoms with Crippen LogP contribution in [0.5, 0.6) is 0 Å². The molecular formula is H7AlN2Si. The molecule has 0 aliphatic carbocycles. The Bertz CT molecular complexity index is 8.00. The molecule has 0 fully saturated rings. The number of nitrogens with two attached hydrogens (primary N) is 1. The van der Waals surface area contributed by atoms with Crippen LogP contribution >= 0.6 is 0 Å². The Morgan fingerprint density at radius 2 is 2.25 bits per heavy atom. The molecular weight excluding hydrogens is 83.1 g/mol. The fourth-order valence-corrected chi connectivity index (χ4v) is 0. The van der Waals surface area contributed by atoms with Crippen LogP contribution in [-0.2, 0) is 0 Å². The van der Waals surface area contributed by atoms with Gasteiger partial charge < -0.3 is 5.09 Å². The van der Waals surface area contributed by atoms with E-state index in [1.807, 2.05) is 0 Å². The quantitative estimate of drug-likeness (QED) is 0.206. The lowest BCUT2D eigenvalue weighted by Gasteiger charge is -1.75. The van der Waals surface area contributed by atoms with Gasteiger partial charge in [0.15, 0.2) is 0 Å². The van der Waals surface area contributed by atoms with Crippen molar-refractivity contribution in [1.82, 2.24) is 5.09 Å². The molecule has 0 aromatic carbocycles. The van der Waals surface area contributed by atoms with Crippen LogP contribution in [0, 0.1) is 0 Å². The Morgan fingerprint density at radius 1 is 2.00 bits per heavy atom. The molecule has 24 valence electrons. The van der Waals surface area contributed by atoms with E-state index in [2.05, 4.69) is 5.09 Å². The highest BCUT2D eigenvalue weighted by Gasteiger charge is 1.56. The van der Waals surface area contributed by atoms with Crippen molar-refractivity contribution in [3.8, 4) is 0 Å². The van der Waals surface area contributed by atoms with Gasteiger partial charge >= 0.3 is 0 Å². The van der Waals surface area contributed by atoms with Gasteiger partial charge in [-0.1, -0.05) is 0 Å². The summed E-state index contributed by atoms with van der Waals surface area (Å²) < 4.78 is 0. The van der Waals surface area contributed by atoms with Gasteiger partial charge in [-0.05, 0) is 0 Å². The molecule has 0 saturated carbocycles. The van der Waals surface area contributed by atoms with Crippen molar-refractivity contribution < 1.29 is 0 Å². The van der Waals surface area contributed by atoms with Gasteiger partial charge in [-0.3, -0.25) is 5.84 Å². The molecule has 2 nitrogen and oxygen atoms in total. The predicted molar refractivity (Wildman–Crippen MR) is 24.4 cm³/mol. The first-order valence-corrected chi connectivity index (χ1v) is 7.71. The van der Waals surface area contributed by atoms with E-state index in [0.29, 0.717) is 0 Å². The van der Waals surface area contributed by atoms with Crippen molar-refractivity contribution in [2.45, 2.75) is 0 Å². The topological polar surface area (TPSA) is 38.0 Å². The zero-order chi connectivity index (χ0) is 3.41. The molecule has 0 spiro atoms. The minimum atomic E-state index is 0.0910. The Hall–Kier alpha value is 0.669. The van der Waals surface area contributed by atoms with Gasteiger partial charge in [0.25, 0.3) is 0 Å². The summed E-state index contributed by atoms with van der Waals surface area (Å²) in [6.45, 7) is 0. The van der Waals surface area contributed by atoms with Crippen molar-refractivity contribution in [3.63, 3.8) is 0 Å². The van der Waals surface area contributed by atoms with E-state index in [1.54, 1.807) is 0 Å². The highest BCUT2D eigenvalue weighted by atomic mass is 28.7. The molecule has 0 unspecified atom stereocenters. The van der Waals surface area contributed by atoms with Crippen LogP contribution in [0.1, 0.15) is 0 Å². The lowest BCUT2D eigenvalue weighted by atomic mass is 13.0. The minimum absolute atomic E-state index is 0.0910. The standard InChI is InChI=1S/Al.H5N2Si.2H/c;1-2-3;;/h;2H,1,3H2;;. The van der Waals surface area contributed by atoms with Crippen LogP contribution in [0.25, 0.3) is 0 Å². The van der Waals surface area contributed by atoms with Gasteiger partial charge in [-0.15, -0.1) is 0 Å². The highest BCUT2D eigenvalue weighted by molar-refractivity contribution is 6.87. The largest absolute Gasteiger partial charge is 0.302 e. The monoisotopic (exact) mass is 90.0 g/mol. The molecule has 0 aromatic heterocycles. The molecule has 4 heavy (non-hydrogen) atoms. The summed E-state index contributed by atoms with van der Waals surface area (Å²) in [5.74, 6) is 4.87. The molecule has 0 bridgehead atoms. The molecule has 4 heteroatoms. The molecule has 3 N–H and O–H groups in total. The fourth-order valence-electron chi connectivity index (χ4n) is 0. The van der Waals surface area contributed by atoms with E-state index in [-0.39, 0.29) is 8.24 Å². The molecule has 0 aliphatic rings. The molecule has 0 amide bonds. The van der Waals surface area contributed by atoms with E-state index < -0.39 is 0 Å². The maximum Gasteiger partial charge on any atom is 0.223 e. The normalized spacial score (nSPS) is 10.2. The van der Waals surface area contributed by atoms with E-state index in [1.165, 1.54) is 15.6 Å². The van der Waals surface area contributed by atoms with Crippen molar-refractivity contribution in [2.75, 3.05) is 0 Å². The van der Waals surface area contributed by atoms with Crippen molar-refractivity contribution in [1.29, 1.82) is 0 Å². The molecule has 0 radical (unpaired) electrons. The Morgan fingerprint density at radius 3 is 2.25 bits per heavy atom. The van der Waals surface area contributed by atoms with Gasteiger partial charge in [-0.2, -0.15) is 0 Å². The van der Waals surface area contributed by atoms with Crippen LogP contribution in [0.2, 0.25) is 0 Å². The van der Waals surface area contributed by atoms with Crippen LogP contribution in [0.4, 0.5) is 0 Å². The maximum absolute atomic E-state index is 4.87. The molecule has 0 atom stereocenters. The van der Waals surface area contributed by atoms with Crippen LogP contribution < -0.4 is 10.9 Å². The number of rotatable bonds is 1. The molecule has 0 aliphatic heterocycles. The third-order valence-electron chi connectivity index (χ3n) is 0.204. The van der Waals surface area contributed by atoms with E-state index in [9.17, 15) is 0 Å². The average Bonchev–Trinajstić information content (AvgIpc) is 1.37. The number of nitrogens with one attached hydrogen (secondary N) is 1. The van der Waals surface area contributed by atoms with Crippen LogP contribution in [-0.4, -0.2) is 23.9 Å². The number of hydrazine groups is 1. The third-order valence-corrected chi connectivity index (χ3v) is 1.84. The summed E-state index contributed by atoms with van der Waals surface area (Å²) >= 11 is 1.29. The summed E-state index contributed by atoms with van der Waals surface area (Å²) in [5, 5.41) is 2.63. The van der Waals surface area contributed by atoms with E-state index in [4.69, 9.17) is 5.84 Å². The second-order valence-corrected chi connectivity index (χ2v) is 3.79. The Kier molecular flexibility index (Phi) is 4.28. The summed E-state index contributed by atoms with van der Waals surface area (Å²) in [4.78, 5) is 0. The van der Waals surface area contributed by atoms with Gasteiger partial charge in [0, 0.05) is 8.24 Å². The van der Waals surface area contributed by atoms with Gasteiger partial charge in [0.1, 0.15) is 0 Å². The zero-order valence-corrected chi connectivity index (χ0v) is 6.20. The second-order valence-electron chi connectivity index (χ2n) is 0.558. The zero-order valence-electron chi connectivity index (χ0n) is 2.78. The summed E-state index contributed by atoms with van der Waals surface area (Å²) in [6, 6.07) is 0. The first kappa shape index (κ1) is 4.67. The fraction of sp³-hybridized carbons (Fsp3) is 0. The van der Waals surface area contributed by atoms with Gasteiger partial charge in [0.2, 0.25) is 15.6 Å². The smallest absolute Gasteiger partial charge is 0.223 e. The molecule has 0 aromatic rings. The lowest BCUT2D eigenvalue weighted by molar-refractivity contribution is 1.09. The molecule has 0 saturated heterocycles. The van der Waals surface area contributed by atoms with Crippen molar-refractivity contribution in [3.05, 3.63) is 0 Å². The SMILES string of the molecule is NN[SiH2][AlH2]. The highest BCUT2D eigenvalue weighted by Crippen LogP contribution is 1.07. The summed E-state index contributed by atoms with van der Waals surface area (Å²) in [6.07, 6.45) is 0. The van der Waals surface area contributed by atoms with Crippen molar-refractivity contribution in [2.24, 2.45) is 5.84 Å². The lowest BCUT2D eigenvalue weighted by Crippen LogP contribution is -2.26. The number of hydrogen-bond acceptors (Lipinski definition) is 2. The first-order chi connectivity index (χ1) is 1.91. The minimum Gasteiger partial charge on any atom is -0.302 e. The molecule has 0 rings (SSSR count). The number of hydrogen-bond donors (Lipinski definition) is 2. The summed E-state index contributed by atoms with van der Waals surface area (Å²) in [7, 11) is 0.0910. The predicted octanol–water partition coefficient (Wildman–Crippen LogP) is -2.92. The maximum atomic E-state index is 4.87. The van der Waals surface area contributed by atoms with Gasteiger partial charge in [-0.25, -0.2) is 0 Å². The third kappa shape index (κ3) is 2.67. The van der Waals surface area contributed by atoms with Gasteiger partial charge in [0.05, 0.1) is 0 Å². The second kappa shape index (κ2) is 3.67. The van der Waals surface area contributed by atoms with E-state index in [0.717, 1.165) is 0 Å². The van der Waals surface area contributed by atoms with Crippen molar-refractivity contribution >= 4 is 23.9 Å². The molecule has 0 heterocycles. The average molecular weight is 90.1 g/mol. The first-order valence-electron chi connectivity index (χ1n) is 1.35.